The first-order valence-electron chi connectivity index (χ1n) is 11.2. The molecular weight excluding hydrogens is 474 g/mol. The Hall–Kier alpha value is -4.43. The molecule has 2 N–H and O–H groups in total. The van der Waals surface area contributed by atoms with E-state index in [4.69, 9.17) is 4.74 Å². The number of carbonyl (C=O) groups is 1. The van der Waals surface area contributed by atoms with Crippen LogP contribution in [0.2, 0.25) is 0 Å². The van der Waals surface area contributed by atoms with Crippen molar-refractivity contribution in [1.29, 1.82) is 0 Å². The fraction of sp³-hybridized carbons (Fsp3) is 0.0714. The summed E-state index contributed by atoms with van der Waals surface area (Å²) in [5, 5.41) is 11.4. The molecule has 0 bridgehead atoms. The average Bonchev–Trinajstić information content (AvgIpc) is 3.32. The van der Waals surface area contributed by atoms with Crippen molar-refractivity contribution in [2.24, 2.45) is 0 Å². The van der Waals surface area contributed by atoms with Gasteiger partial charge in [-0.1, -0.05) is 42.5 Å². The second kappa shape index (κ2) is 9.31. The van der Waals surface area contributed by atoms with E-state index < -0.39 is 9.84 Å². The number of aromatic nitrogens is 2. The van der Waals surface area contributed by atoms with Gasteiger partial charge in [-0.15, -0.1) is 0 Å². The Morgan fingerprint density at radius 1 is 0.889 bits per heavy atom. The van der Waals surface area contributed by atoms with Crippen molar-refractivity contribution < 1.29 is 17.9 Å². The Labute approximate surface area is 208 Å². The van der Waals surface area contributed by atoms with E-state index in [0.29, 0.717) is 28.1 Å². The molecule has 1 aromatic heterocycles. The monoisotopic (exact) mass is 497 g/mol. The molecule has 1 amide bonds. The molecule has 180 valence electrons. The number of nitrogens with zero attached hydrogens (tertiary/aromatic N) is 1. The van der Waals surface area contributed by atoms with E-state index in [9.17, 15) is 13.2 Å². The highest BCUT2D eigenvalue weighted by Crippen LogP contribution is 2.31. The summed E-state index contributed by atoms with van der Waals surface area (Å²) in [7, 11) is -1.89. The number of carbonyl (C=O) groups excluding carboxylic acids is 1. The molecule has 5 rings (SSSR count). The largest absolute Gasteiger partial charge is 0.497 e. The molecule has 0 saturated carbocycles. The zero-order valence-corrected chi connectivity index (χ0v) is 20.5. The second-order valence-electron chi connectivity index (χ2n) is 8.36. The first kappa shape index (κ1) is 23.3. The van der Waals surface area contributed by atoms with Crippen molar-refractivity contribution in [2.45, 2.75) is 4.90 Å². The molecule has 8 heteroatoms. The number of nitrogens with one attached hydrogen (secondary N) is 2. The standard InChI is InChI=1S/C28H23N3O4S/c1-35-21-12-10-18(11-13-21)25-17-22(36(2,33)34)14-15-23(25)28(32)29-20-7-5-6-19(16-20)27-24-8-3-4-9-26(24)30-31-27/h3-17H,1-2H3,(H,29,32)(H,30,31). The number of ether oxygens (including phenoxy) is 1. The summed E-state index contributed by atoms with van der Waals surface area (Å²) in [6.07, 6.45) is 1.14. The molecule has 0 atom stereocenters. The van der Waals surface area contributed by atoms with Gasteiger partial charge in [0.15, 0.2) is 9.84 Å². The molecule has 0 aliphatic rings. The highest BCUT2D eigenvalue weighted by molar-refractivity contribution is 7.90. The molecule has 5 aromatic rings. The van der Waals surface area contributed by atoms with Gasteiger partial charge in [-0.2, -0.15) is 5.10 Å². The molecule has 0 fully saturated rings. The molecule has 1 heterocycles. The van der Waals surface area contributed by atoms with Gasteiger partial charge in [0.05, 0.1) is 23.2 Å². The number of para-hydroxylation sites is 1. The number of amides is 1. The quantitative estimate of drug-likeness (QED) is 0.320. The molecule has 4 aromatic carbocycles. The second-order valence-corrected chi connectivity index (χ2v) is 10.4. The third kappa shape index (κ3) is 4.58. The van der Waals surface area contributed by atoms with Crippen molar-refractivity contribution in [3.63, 3.8) is 0 Å². The van der Waals surface area contributed by atoms with Gasteiger partial charge in [0.2, 0.25) is 0 Å². The van der Waals surface area contributed by atoms with Crippen molar-refractivity contribution in [3.8, 4) is 28.1 Å². The third-order valence-corrected chi connectivity index (χ3v) is 7.04. The van der Waals surface area contributed by atoms with Crippen LogP contribution in [-0.2, 0) is 9.84 Å². The molecule has 0 radical (unpaired) electrons. The zero-order chi connectivity index (χ0) is 25.3. The van der Waals surface area contributed by atoms with E-state index in [1.807, 2.05) is 42.5 Å². The predicted octanol–water partition coefficient (Wildman–Crippen LogP) is 5.56. The maximum atomic E-state index is 13.4. The summed E-state index contributed by atoms with van der Waals surface area (Å²) < 4.78 is 29.6. The Morgan fingerprint density at radius 2 is 1.67 bits per heavy atom. The molecule has 0 aliphatic carbocycles. The highest BCUT2D eigenvalue weighted by Gasteiger charge is 2.18. The minimum Gasteiger partial charge on any atom is -0.497 e. The van der Waals surface area contributed by atoms with Gasteiger partial charge in [0, 0.05) is 28.5 Å². The fourth-order valence-corrected chi connectivity index (χ4v) is 4.73. The molecule has 7 nitrogen and oxygen atoms in total. The van der Waals surface area contributed by atoms with Gasteiger partial charge in [0.25, 0.3) is 5.91 Å². The lowest BCUT2D eigenvalue weighted by Crippen LogP contribution is -2.14. The van der Waals surface area contributed by atoms with Crippen molar-refractivity contribution in [2.75, 3.05) is 18.7 Å². The van der Waals surface area contributed by atoms with Gasteiger partial charge in [-0.3, -0.25) is 9.89 Å². The van der Waals surface area contributed by atoms with Crippen LogP contribution >= 0.6 is 0 Å². The SMILES string of the molecule is COc1ccc(-c2cc(S(C)(=O)=O)ccc2C(=O)Nc2cccc(-c3n[nH]c4ccccc34)c2)cc1. The molecular formula is C28H23N3O4S. The van der Waals surface area contributed by atoms with Gasteiger partial charge in [0.1, 0.15) is 5.75 Å². The van der Waals surface area contributed by atoms with E-state index in [-0.39, 0.29) is 10.8 Å². The average molecular weight is 498 g/mol. The molecule has 36 heavy (non-hydrogen) atoms. The number of rotatable bonds is 6. The molecule has 0 aliphatic heterocycles. The lowest BCUT2D eigenvalue weighted by atomic mass is 9.99. The Kier molecular flexibility index (Phi) is 6.03. The summed E-state index contributed by atoms with van der Waals surface area (Å²) in [4.78, 5) is 13.5. The highest BCUT2D eigenvalue weighted by atomic mass is 32.2. The Bertz CT molecular complexity index is 1690. The van der Waals surface area contributed by atoms with Crippen LogP contribution in [0.5, 0.6) is 5.75 Å². The van der Waals surface area contributed by atoms with Crippen LogP contribution in [-0.4, -0.2) is 37.9 Å². The Balaban J connectivity index is 1.51. The van der Waals surface area contributed by atoms with Gasteiger partial charge < -0.3 is 10.1 Å². The Morgan fingerprint density at radius 3 is 2.42 bits per heavy atom. The van der Waals surface area contributed by atoms with E-state index in [1.165, 1.54) is 18.2 Å². The number of hydrogen-bond donors (Lipinski definition) is 2. The first-order chi connectivity index (χ1) is 17.3. The summed E-state index contributed by atoms with van der Waals surface area (Å²) in [5.74, 6) is 0.302. The van der Waals surface area contributed by atoms with Crippen LogP contribution in [0.15, 0.2) is 95.9 Å². The number of anilines is 1. The van der Waals surface area contributed by atoms with Crippen LogP contribution in [0.1, 0.15) is 10.4 Å². The topological polar surface area (TPSA) is 101 Å². The third-order valence-electron chi connectivity index (χ3n) is 5.93. The normalized spacial score (nSPS) is 11.4. The van der Waals surface area contributed by atoms with Crippen molar-refractivity contribution >= 4 is 32.3 Å². The molecule has 0 unspecified atom stereocenters. The maximum absolute atomic E-state index is 13.4. The number of benzene rings is 4. The smallest absolute Gasteiger partial charge is 0.256 e. The van der Waals surface area contributed by atoms with Crippen LogP contribution in [0.3, 0.4) is 0 Å². The number of aromatic amines is 1. The van der Waals surface area contributed by atoms with E-state index in [0.717, 1.165) is 28.4 Å². The van der Waals surface area contributed by atoms with E-state index >= 15 is 0 Å². The number of methoxy groups -OCH3 is 1. The predicted molar refractivity (Wildman–Crippen MR) is 141 cm³/mol. The maximum Gasteiger partial charge on any atom is 0.256 e. The zero-order valence-electron chi connectivity index (χ0n) is 19.6. The fourth-order valence-electron chi connectivity index (χ4n) is 4.09. The first-order valence-corrected chi connectivity index (χ1v) is 13.1. The van der Waals surface area contributed by atoms with Crippen LogP contribution in [0.4, 0.5) is 5.69 Å². The minimum atomic E-state index is -3.46. The number of sulfone groups is 1. The van der Waals surface area contributed by atoms with E-state index in [2.05, 4.69) is 15.5 Å². The summed E-state index contributed by atoms with van der Waals surface area (Å²) in [6.45, 7) is 0. The van der Waals surface area contributed by atoms with E-state index in [1.54, 1.807) is 37.4 Å². The number of H-pyrrole nitrogens is 1. The van der Waals surface area contributed by atoms with Gasteiger partial charge in [-0.25, -0.2) is 8.42 Å². The van der Waals surface area contributed by atoms with Crippen LogP contribution in [0.25, 0.3) is 33.3 Å². The number of hydrogen-bond acceptors (Lipinski definition) is 5. The molecule has 0 spiro atoms. The molecule has 0 saturated heterocycles. The van der Waals surface area contributed by atoms with Crippen molar-refractivity contribution in [1.82, 2.24) is 10.2 Å². The summed E-state index contributed by atoms with van der Waals surface area (Å²) in [6, 6.07) is 26.9. The minimum absolute atomic E-state index is 0.136. The van der Waals surface area contributed by atoms with Crippen LogP contribution < -0.4 is 10.1 Å². The summed E-state index contributed by atoms with van der Waals surface area (Å²) in [5.41, 5.74) is 4.72. The number of fused-ring (bicyclic) bond motifs is 1. The van der Waals surface area contributed by atoms with Gasteiger partial charge >= 0.3 is 0 Å². The van der Waals surface area contributed by atoms with Crippen molar-refractivity contribution in [3.05, 3.63) is 96.6 Å². The lowest BCUT2D eigenvalue weighted by molar-refractivity contribution is 0.102. The van der Waals surface area contributed by atoms with Gasteiger partial charge in [-0.05, 0) is 59.7 Å². The lowest BCUT2D eigenvalue weighted by Gasteiger charge is -2.13. The summed E-state index contributed by atoms with van der Waals surface area (Å²) >= 11 is 0. The van der Waals surface area contributed by atoms with Crippen LogP contribution in [0, 0.1) is 0 Å².